The maximum atomic E-state index is 14.9. The van der Waals surface area contributed by atoms with Crippen LogP contribution in [0.2, 0.25) is 0 Å². The Morgan fingerprint density at radius 2 is 1.07 bits per heavy atom. The summed E-state index contributed by atoms with van der Waals surface area (Å²) in [7, 11) is 0. The fourth-order valence-electron chi connectivity index (χ4n) is 6.86. The van der Waals surface area contributed by atoms with Gasteiger partial charge in [0.25, 0.3) is 6.36 Å². The smallest absolute Gasteiger partial charge is 0.456 e. The molecule has 5 heterocycles. The molecule has 2 aliphatic rings. The van der Waals surface area contributed by atoms with Crippen LogP contribution in [-0.2, 0) is 0 Å². The molecular weight excluding hydrogens is 808 g/mol. The number of fused-ring (bicyclic) bond motifs is 20. The molecule has 8 bridgehead atoms. The lowest BCUT2D eigenvalue weighted by Gasteiger charge is -2.23. The average molecular weight is 835 g/mol. The molecule has 2 atom stereocenters. The predicted molar refractivity (Wildman–Crippen MR) is 201 cm³/mol. The Bertz CT molecular complexity index is 3040. The largest absolute Gasteiger partial charge is 0.461 e. The van der Waals surface area contributed by atoms with Crippen molar-refractivity contribution in [2.45, 2.75) is 52.1 Å². The Morgan fingerprint density at radius 3 is 1.53 bits per heavy atom. The van der Waals surface area contributed by atoms with Crippen molar-refractivity contribution >= 4 is 44.1 Å². The topological polar surface area (TPSA) is 135 Å². The van der Waals surface area contributed by atoms with E-state index in [1.165, 1.54) is 6.92 Å². The number of rotatable bonds is 9. The summed E-state index contributed by atoms with van der Waals surface area (Å²) in [6.07, 6.45) is -18.1. The Balaban J connectivity index is 1.51. The van der Waals surface area contributed by atoms with Crippen LogP contribution in [0.15, 0.2) is 78.9 Å². The number of alkyl halides is 8. The number of benzene rings is 4. The van der Waals surface area contributed by atoms with Gasteiger partial charge >= 0.3 is 18.6 Å². The van der Waals surface area contributed by atoms with Crippen LogP contribution in [0.1, 0.15) is 20.8 Å². The molecule has 0 saturated heterocycles. The highest BCUT2D eigenvalue weighted by atomic mass is 19.3. The number of aromatic nitrogens is 8. The highest BCUT2D eigenvalue weighted by Gasteiger charge is 2.46. The van der Waals surface area contributed by atoms with Crippen LogP contribution < -0.4 is 19.0 Å². The molecule has 0 aliphatic carbocycles. The Morgan fingerprint density at radius 1 is 0.583 bits per heavy atom. The molecule has 0 spiro atoms. The first kappa shape index (κ1) is 38.4. The molecule has 2 aliphatic heterocycles. The van der Waals surface area contributed by atoms with Gasteiger partial charge in [0.2, 0.25) is 12.1 Å². The Labute approximate surface area is 331 Å². The van der Waals surface area contributed by atoms with Crippen molar-refractivity contribution in [2.24, 2.45) is 0 Å². The van der Waals surface area contributed by atoms with Crippen LogP contribution in [0.25, 0.3) is 89.7 Å². The van der Waals surface area contributed by atoms with Crippen LogP contribution in [0, 0.1) is 0 Å². The van der Waals surface area contributed by atoms with Gasteiger partial charge < -0.3 is 24.0 Å². The van der Waals surface area contributed by atoms with Gasteiger partial charge in [-0.2, -0.15) is 30.7 Å². The van der Waals surface area contributed by atoms with Crippen molar-refractivity contribution < 1.29 is 54.2 Å². The first-order valence-electron chi connectivity index (χ1n) is 17.9. The van der Waals surface area contributed by atoms with E-state index in [0.717, 1.165) is 11.7 Å². The monoisotopic (exact) mass is 834 g/mol. The molecular formula is C40H26F8N8O4. The van der Waals surface area contributed by atoms with Crippen molar-refractivity contribution in [1.29, 1.82) is 0 Å². The number of aromatic amines is 1. The predicted octanol–water partition coefficient (Wildman–Crippen LogP) is 10.0. The minimum atomic E-state index is -5.26. The molecule has 4 aromatic carbocycles. The second-order valence-electron chi connectivity index (χ2n) is 13.5. The molecule has 9 rings (SSSR count). The second kappa shape index (κ2) is 14.0. The van der Waals surface area contributed by atoms with Crippen molar-refractivity contribution in [3.05, 3.63) is 78.9 Å². The lowest BCUT2D eigenvalue weighted by molar-refractivity contribution is -0.254. The Kier molecular flexibility index (Phi) is 8.97. The zero-order valence-corrected chi connectivity index (χ0v) is 31.0. The summed E-state index contributed by atoms with van der Waals surface area (Å²) in [4.78, 5) is 36.9. The van der Waals surface area contributed by atoms with Gasteiger partial charge in [-0.25, -0.2) is 34.3 Å². The highest BCUT2D eigenvalue weighted by molar-refractivity contribution is 6.11. The minimum absolute atomic E-state index is 0.0518. The van der Waals surface area contributed by atoms with Crippen molar-refractivity contribution in [1.82, 2.24) is 39.6 Å². The highest BCUT2D eigenvalue weighted by Crippen LogP contribution is 2.50. The van der Waals surface area contributed by atoms with Crippen molar-refractivity contribution in [3.8, 4) is 62.8 Å². The number of H-pyrrole nitrogens is 1. The molecule has 1 N–H and O–H groups in total. The number of nitrogens with zero attached hydrogens (tertiary/aromatic N) is 7. The molecule has 7 aromatic rings. The number of halogens is 8. The fourth-order valence-corrected chi connectivity index (χ4v) is 6.86. The van der Waals surface area contributed by atoms with E-state index in [1.54, 1.807) is 72.8 Å². The zero-order chi connectivity index (χ0) is 42.2. The summed E-state index contributed by atoms with van der Waals surface area (Å²) in [5.41, 5.74) is 1.18. The normalized spacial score (nSPS) is 13.6. The summed E-state index contributed by atoms with van der Waals surface area (Å²) >= 11 is 0. The third kappa shape index (κ3) is 6.66. The maximum Gasteiger partial charge on any atom is 0.461 e. The molecule has 60 heavy (non-hydrogen) atoms. The van der Waals surface area contributed by atoms with Crippen LogP contribution in [0.3, 0.4) is 0 Å². The summed E-state index contributed by atoms with van der Waals surface area (Å²) < 4.78 is 131. The Hall–Kier alpha value is -7.12. The van der Waals surface area contributed by atoms with E-state index in [4.69, 9.17) is 24.3 Å². The molecule has 0 radical (unpaired) electrons. The van der Waals surface area contributed by atoms with E-state index in [0.29, 0.717) is 39.1 Å². The van der Waals surface area contributed by atoms with Gasteiger partial charge in [0.1, 0.15) is 11.3 Å². The molecule has 12 nitrogen and oxygen atoms in total. The van der Waals surface area contributed by atoms with Crippen LogP contribution in [0.4, 0.5) is 35.1 Å². The number of hydrogen-bond acceptors (Lipinski definition) is 10. The lowest BCUT2D eigenvalue weighted by atomic mass is 10.1. The van der Waals surface area contributed by atoms with Gasteiger partial charge in [-0.05, 0) is 6.07 Å². The SMILES string of the molecule is CC(F)Oc1c(OC(C)(F)F)c(OC(F)(F)C(F)F)cc2c3nc4nc(nc5c6ccccc6c(nc6nc(nc([nH]3)c12)-c1ccccc1-6)n5OC(C)F)-c1ccccc1-4. The molecule has 0 saturated carbocycles. The zero-order valence-electron chi connectivity index (χ0n) is 31.0. The lowest BCUT2D eigenvalue weighted by Crippen LogP contribution is -2.34. The van der Waals surface area contributed by atoms with E-state index in [2.05, 4.69) is 29.7 Å². The minimum Gasteiger partial charge on any atom is -0.456 e. The summed E-state index contributed by atoms with van der Waals surface area (Å²) in [5.74, 6) is -3.73. The van der Waals surface area contributed by atoms with Crippen LogP contribution in [-0.4, -0.2) is 71.0 Å². The second-order valence-corrected chi connectivity index (χ2v) is 13.5. The van der Waals surface area contributed by atoms with Crippen molar-refractivity contribution in [3.63, 3.8) is 0 Å². The third-order valence-corrected chi connectivity index (χ3v) is 9.14. The quantitative estimate of drug-likeness (QED) is 0.140. The molecule has 3 aromatic heterocycles. The first-order valence-corrected chi connectivity index (χ1v) is 17.9. The molecule has 0 amide bonds. The number of nitrogens with one attached hydrogen (secondary N) is 1. The van der Waals surface area contributed by atoms with Gasteiger partial charge in [0.05, 0.1) is 5.39 Å². The number of ether oxygens (including phenoxy) is 3. The molecule has 20 heteroatoms. The molecule has 306 valence electrons. The standard InChI is InChI=1S/C40H26F8N8O4/c1-17(41)57-29-27-25(16-26(28(29)59-39(3,45)46)58-40(47,48)38(43)44)34-51-30-19-10-4-6-12-21(19)32(49-30)54-36-23-14-8-9-15-24(23)37(56(36)60-18(2)42)55-33-22-13-7-5-11-20(22)31(50-33)52-35(27)53-34/h4-18,38H,1-3H3,(H,49,50,51,52,53,54,55). The van der Waals surface area contributed by atoms with Crippen LogP contribution in [0.5, 0.6) is 17.2 Å². The van der Waals surface area contributed by atoms with Gasteiger partial charge in [-0.3, -0.25) is 0 Å². The average Bonchev–Trinajstić information content (AvgIpc) is 3.90. The fraction of sp³-hybridized carbons (Fsp3) is 0.200. The summed E-state index contributed by atoms with van der Waals surface area (Å²) in [6, 6.07) is 20.9. The van der Waals surface area contributed by atoms with Crippen LogP contribution >= 0.6 is 0 Å². The van der Waals surface area contributed by atoms with Gasteiger partial charge in [-0.1, -0.05) is 72.8 Å². The number of hydrogen-bond donors (Lipinski definition) is 1. The van der Waals surface area contributed by atoms with Gasteiger partial charge in [0.15, 0.2) is 46.1 Å². The molecule has 2 unspecified atom stereocenters. The van der Waals surface area contributed by atoms with E-state index >= 15 is 0 Å². The van der Waals surface area contributed by atoms with Gasteiger partial charge in [0, 0.05) is 59.2 Å². The molecule has 0 fully saturated rings. The van der Waals surface area contributed by atoms with Crippen molar-refractivity contribution in [2.75, 3.05) is 0 Å². The van der Waals surface area contributed by atoms with E-state index < -0.39 is 48.6 Å². The van der Waals surface area contributed by atoms with Gasteiger partial charge in [-0.15, -0.1) is 4.73 Å². The maximum absolute atomic E-state index is 14.9. The van der Waals surface area contributed by atoms with E-state index in [-0.39, 0.29) is 63.6 Å². The van der Waals surface area contributed by atoms with E-state index in [9.17, 15) is 35.1 Å². The third-order valence-electron chi connectivity index (χ3n) is 9.14. The summed E-state index contributed by atoms with van der Waals surface area (Å²) in [6.45, 7) is 2.25. The van der Waals surface area contributed by atoms with E-state index in [1.807, 2.05) is 0 Å². The first-order chi connectivity index (χ1) is 28.6. The summed E-state index contributed by atoms with van der Waals surface area (Å²) in [5, 5.41) is 0.284.